The maximum Gasteiger partial charge on any atom is 1.00 e. The molecule has 75 nitrogen and oxygen atoms in total. The molecule has 2 saturated heterocycles. The summed E-state index contributed by atoms with van der Waals surface area (Å²) in [6.45, 7) is -5.31. The van der Waals surface area contributed by atoms with E-state index in [2.05, 4.69) is 38.4 Å². The summed E-state index contributed by atoms with van der Waals surface area (Å²) in [6.07, 6.45) is -23.4. The second-order valence-electron chi connectivity index (χ2n) is 10.3. The number of hydrogen-bond donors (Lipinski definition) is 0. The molecule has 40 radical (unpaired) electrons. The van der Waals surface area contributed by atoms with Crippen molar-refractivity contribution in [2.75, 3.05) is 19.8 Å². The molecule has 0 aromatic heterocycles. The summed E-state index contributed by atoms with van der Waals surface area (Å²) in [5.74, 6) is -3.80. The normalized spacial score (nSPS) is 14.9. The van der Waals surface area contributed by atoms with Crippen LogP contribution in [0, 0.1) is 0 Å². The van der Waals surface area contributed by atoms with E-state index in [0.29, 0.717) is 0 Å². The van der Waals surface area contributed by atoms with Crippen LogP contribution in [0.4, 0.5) is 0 Å². The molecule has 0 unspecified atom stereocenters. The van der Waals surface area contributed by atoms with Crippen LogP contribution in [0.15, 0.2) is 0 Å². The standard InChI is InChI=1S/C12H22O35S8.16Al.8Na.40H2O/c13-48(14,15)37-1-4-6(43-51(22,23)24)8(45-53(28,29)30)9(46-54(31,32)33)11(40-4)42-12(3-39-50(19,20)21)10(47-55(34,35)36)7(44-52(25,26)27)5(41-12)2-38-49(16,17)18;;;;;;;;;;;;;;;;;;;;;;;;;;;;;;;;;;;;;;;;;;;;;;;;;;;;;;;;;;;;;;;;/h4-11H,1-3H2,(H,13,14,15)(H,16,17,18)(H,19,20,21)(H,22,23,24)(H,25,26,27)(H,28,29,30)(H,31,32,33)(H,34,35,36);;;;;;;;;;;;;;;;;;;;;;;;;40*1H2/q;;;;;;;;;16*+1;;;;;;;;;;;;;;;;;;;;;;;;;;;;;;;;;;;;;;;;/p-16/t4-,5-,6-,7-,8+,9-,10+,11-,12+;;;;;;;;;;;;;;;;;;;;;;;;;;;;;;;;;;;;;;;;;;;;;;;;;;;;;;;;;;;;;;;;/m1................................................................/s1. The van der Waals surface area contributed by atoms with Gasteiger partial charge in [-0.05, 0) is 0 Å². The zero-order valence-electron chi connectivity index (χ0n) is 61.6. The molecule has 0 aromatic rings. The van der Waals surface area contributed by atoms with Gasteiger partial charge in [-0.25, -0.2) is 33.5 Å². The Kier molecular flexibility index (Phi) is 558. The summed E-state index contributed by atoms with van der Waals surface area (Å²) in [7, 11) is -43.7. The average Bonchev–Trinajstić information content (AvgIpc) is 1.50. The van der Waals surface area contributed by atoms with Crippen molar-refractivity contribution in [1.82, 2.24) is 0 Å². The van der Waals surface area contributed by atoms with Gasteiger partial charge in [-0.1, -0.05) is 0 Å². The minimum absolute atomic E-state index is 0. The minimum atomic E-state index is -5.67. The Balaban J connectivity index is -0.0000000138. The first-order valence-corrected chi connectivity index (χ1v) is 28.5. The average molecular weight is 2300 g/mol. The Hall–Kier alpha value is 13.8. The van der Waals surface area contributed by atoms with Gasteiger partial charge in [0.2, 0.25) is 5.79 Å². The zero-order valence-corrected chi connectivity index (χ0v) is 103. The van der Waals surface area contributed by atoms with Gasteiger partial charge in [-0.3, -0.25) is 0 Å². The Morgan fingerprint density at radius 1 is 0.235 bits per heavy atom. The molecule has 2 heterocycles. The van der Waals surface area contributed by atoms with Crippen LogP contribution >= 0.6 is 0 Å². The van der Waals surface area contributed by atoms with Crippen molar-refractivity contribution in [3.8, 4) is 0 Å². The van der Waals surface area contributed by atoms with E-state index in [0.717, 1.165) is 99.7 Å². The first-order chi connectivity index (χ1) is 28.7. The molecule has 0 saturated carbocycles. The van der Waals surface area contributed by atoms with Crippen LogP contribution in [-0.2, 0) is 157 Å². The fourth-order valence-electron chi connectivity index (χ4n) is 4.41. The molecule has 72 N–H and O–H groups in total. The molecule has 9 atom stereocenters. The maximum atomic E-state index is 12.9. The molecule has 0 spiro atoms. The Labute approximate surface area is 1010 Å². The Morgan fingerprint density at radius 2 is 0.412 bits per heavy atom. The molecule has 2 fully saturated rings. The maximum absolute atomic E-state index is 12.9. The molecule has 2 rings (SSSR count). The van der Waals surface area contributed by atoms with E-state index in [9.17, 15) is 67.3 Å². The second-order valence-corrected chi connectivity index (χ2v) is 24.6. The third-order valence-electron chi connectivity index (χ3n) is 6.59. The van der Waals surface area contributed by atoms with Crippen molar-refractivity contribution in [3.05, 3.63) is 0 Å². The third-order valence-corrected chi connectivity index (χ3v) is 17.7. The van der Waals surface area contributed by atoms with Crippen LogP contribution in [0.3, 0.4) is 0 Å². The van der Waals surface area contributed by atoms with Crippen molar-refractivity contribution in [1.29, 1.82) is 0 Å². The Morgan fingerprint density at radius 3 is 0.630 bits per heavy atom. The largest absolute Gasteiger partial charge is 1.00 e. The van der Waals surface area contributed by atoms with E-state index >= 15 is 0 Å². The number of ether oxygens (including phenoxy) is 3. The molecule has 119 heavy (non-hydrogen) atoms. The van der Waals surface area contributed by atoms with E-state index in [1.165, 1.54) is 33.2 Å². The fraction of sp³-hybridized carbons (Fsp3) is 1.00. The summed E-state index contributed by atoms with van der Waals surface area (Å²) in [5.41, 5.74) is 0. The quantitative estimate of drug-likeness (QED) is 0.0628. The van der Waals surface area contributed by atoms with Crippen LogP contribution in [0.25, 0.3) is 0 Å². The molecule has 0 aromatic carbocycles. The Bertz CT molecular complexity index is 2540. The van der Waals surface area contributed by atoms with Gasteiger partial charge in [0.15, 0.2) is 18.5 Å². The third kappa shape index (κ3) is 140. The first kappa shape index (κ1) is 381. The van der Waals surface area contributed by atoms with Crippen LogP contribution in [-0.4, -0.2) is 633 Å². The summed E-state index contributed by atoms with van der Waals surface area (Å²) in [4.78, 5) is 0. The molecular weight excluding hydrogens is 2220 g/mol. The van der Waals surface area contributed by atoms with Gasteiger partial charge < -0.3 is 259 Å². The van der Waals surface area contributed by atoms with E-state index < -0.39 is 158 Å². The second kappa shape index (κ2) is 174. The van der Waals surface area contributed by atoms with Gasteiger partial charge in [0.1, 0.15) is 37.1 Å². The molecule has 2 aliphatic rings. The predicted molar refractivity (Wildman–Crippen MR) is 363 cm³/mol. The number of hydrogen-bond acceptors (Lipinski definition) is 43. The van der Waals surface area contributed by atoms with Gasteiger partial charge in [0.25, 0.3) is 0 Å². The molecule has 107 heteroatoms. The summed E-state index contributed by atoms with van der Waals surface area (Å²) in [5, 5.41) is 0. The first-order valence-electron chi connectivity index (χ1n) is 14.1. The van der Waals surface area contributed by atoms with E-state index in [1.807, 2.05) is 0 Å². The molecule has 0 amide bonds. The van der Waals surface area contributed by atoms with E-state index in [-0.39, 0.29) is 594 Å². The van der Waals surface area contributed by atoms with Crippen molar-refractivity contribution < 1.29 is 596 Å². The fourth-order valence-corrected chi connectivity index (χ4v) is 9.37. The molecule has 0 aliphatic carbocycles. The van der Waals surface area contributed by atoms with Gasteiger partial charge >= 0.3 is 453 Å². The smallest absolute Gasteiger partial charge is 0.870 e. The van der Waals surface area contributed by atoms with Crippen LogP contribution in [0.2, 0.25) is 0 Å². The molecule has 688 valence electrons. The van der Waals surface area contributed by atoms with E-state index in [4.69, 9.17) is 35.1 Å². The molecule has 2 aliphatic heterocycles. The SMILES string of the molecule is O.O.O.O.O.O.O.O.O.O.O.O.O.O.O.O.O.O.O.O.O.O.O.O.O.O.O.O.O.O.O.O.O=S(=O)([O][Al])OC[C@H]1O[C@@](COS(=O)(=O)[O][Al])(O[C@H]2O[C@H](COS(=O)(=O)[O][Al])[C@@H](OS(=O)(=O)[O][Al])[C@H](OS(=O)(=O)[O][Al])[C@H]2OS(=O)(=O)[O][Al])[C@@H](OS(=O)(=O)[O][Al])[C@@H]1OS(=O)(=O)[O][Al].[Al].[Al].[Al].[Al].[Al].[Al].[Al].[Al].[Na+].[Na+].[Na+].[Na+].[Na+].[Na+].[Na+].[Na+].[OH-].[OH-].[OH-].[OH-].[OH-].[OH-].[OH-].[OH-]. The van der Waals surface area contributed by atoms with Crippen LogP contribution < -0.4 is 236 Å². The van der Waals surface area contributed by atoms with Gasteiger partial charge in [0.05, 0.1) is 13.2 Å². The van der Waals surface area contributed by atoms with E-state index in [1.54, 1.807) is 0 Å². The molecular formula is C12H86Al16Na8O75S8. The predicted octanol–water partition coefficient (Wildman–Crippen LogP) is -65.3. The van der Waals surface area contributed by atoms with Crippen molar-refractivity contribution >= 4 is 355 Å². The summed E-state index contributed by atoms with van der Waals surface area (Å²) in [6, 6.07) is 0. The minimum Gasteiger partial charge on any atom is -0.870 e. The summed E-state index contributed by atoms with van der Waals surface area (Å²) >= 11 is 9.26. The monoisotopic (exact) mass is 2300 g/mol. The van der Waals surface area contributed by atoms with Gasteiger partial charge in [-0.2, -0.15) is 67.3 Å². The van der Waals surface area contributed by atoms with Crippen molar-refractivity contribution in [3.63, 3.8) is 0 Å². The number of rotatable bonds is 29. The van der Waals surface area contributed by atoms with Crippen molar-refractivity contribution in [2.45, 2.75) is 54.8 Å². The van der Waals surface area contributed by atoms with Crippen molar-refractivity contribution in [2.24, 2.45) is 0 Å². The summed E-state index contributed by atoms with van der Waals surface area (Å²) < 4.78 is 288. The molecule has 0 bridgehead atoms. The topological polar surface area (TPSA) is 1700 Å². The van der Waals surface area contributed by atoms with Gasteiger partial charge in [0, 0.05) is 139 Å². The zero-order chi connectivity index (χ0) is 48.7. The van der Waals surface area contributed by atoms with Crippen LogP contribution in [0.1, 0.15) is 0 Å². The van der Waals surface area contributed by atoms with Crippen LogP contribution in [0.5, 0.6) is 0 Å². The van der Waals surface area contributed by atoms with Gasteiger partial charge in [-0.15, -0.1) is 0 Å².